The number of esters is 2. The molecular weight excluding hydrogens is 474 g/mol. The van der Waals surface area contributed by atoms with E-state index in [1.54, 1.807) is 20.8 Å². The Kier molecular flexibility index (Phi) is 8.51. The summed E-state index contributed by atoms with van der Waals surface area (Å²) in [5.41, 5.74) is -0.517. The molecule has 0 aromatic heterocycles. The van der Waals surface area contributed by atoms with Gasteiger partial charge in [0.05, 0.1) is 26.9 Å². The minimum absolute atomic E-state index is 0.151. The quantitative estimate of drug-likeness (QED) is 0.200. The zero-order chi connectivity index (χ0) is 23.6. The standard InChI is InChI=1S/C21H32NO7S3/c1-5-6-8-21(3,4)20(26)29-11-28-18(25)15-19(30-13-7-9-32(27)10-13)31-17-14(12(2)23)16(24)22(15)17/h12-14,17,23,27H,5-11H2,1-4H3/q+1/t12-,13+,14+,17-,32?/m1/s1. The Bertz CT molecular complexity index is 785. The highest BCUT2D eigenvalue weighted by Crippen LogP contribution is 2.55. The third-order valence-corrected chi connectivity index (χ3v) is 10.5. The summed E-state index contributed by atoms with van der Waals surface area (Å²) in [4.78, 5) is 39.3. The lowest BCUT2D eigenvalue weighted by molar-refractivity contribution is -0.175. The number of aliphatic hydroxyl groups excluding tert-OH is 1. The van der Waals surface area contributed by atoms with Crippen LogP contribution < -0.4 is 0 Å². The third kappa shape index (κ3) is 5.43. The van der Waals surface area contributed by atoms with E-state index < -0.39 is 47.3 Å². The molecule has 2 N–H and O–H groups in total. The molecular formula is C21H32NO7S3+. The van der Waals surface area contributed by atoms with Gasteiger partial charge in [0.2, 0.25) is 12.7 Å². The lowest BCUT2D eigenvalue weighted by Gasteiger charge is -2.43. The van der Waals surface area contributed by atoms with Crippen molar-refractivity contribution in [1.82, 2.24) is 4.90 Å². The van der Waals surface area contributed by atoms with E-state index in [9.17, 15) is 24.0 Å². The minimum atomic E-state index is -0.820. The van der Waals surface area contributed by atoms with Crippen LogP contribution in [0.3, 0.4) is 0 Å². The normalized spacial score (nSPS) is 28.4. The van der Waals surface area contributed by atoms with E-state index in [4.69, 9.17) is 9.47 Å². The summed E-state index contributed by atoms with van der Waals surface area (Å²) in [7, 11) is 0. The first-order valence-electron chi connectivity index (χ1n) is 10.9. The fourth-order valence-electron chi connectivity index (χ4n) is 3.84. The zero-order valence-electron chi connectivity index (χ0n) is 18.9. The second-order valence-electron chi connectivity index (χ2n) is 8.95. The van der Waals surface area contributed by atoms with Crippen molar-refractivity contribution in [2.24, 2.45) is 11.3 Å². The number of aliphatic hydroxyl groups is 1. The van der Waals surface area contributed by atoms with Gasteiger partial charge in [-0.05, 0) is 27.2 Å². The second-order valence-corrected chi connectivity index (χ2v) is 13.3. The van der Waals surface area contributed by atoms with E-state index in [-0.39, 0.29) is 22.2 Å². The highest BCUT2D eigenvalue weighted by atomic mass is 32.2. The molecule has 0 aromatic rings. The number of hydrogen-bond donors (Lipinski definition) is 2. The molecule has 1 amide bonds. The van der Waals surface area contributed by atoms with E-state index >= 15 is 0 Å². The summed E-state index contributed by atoms with van der Waals surface area (Å²) in [6, 6.07) is 0. The fourth-order valence-corrected chi connectivity index (χ4v) is 9.13. The summed E-state index contributed by atoms with van der Waals surface area (Å²) in [5, 5.41) is 9.78. The van der Waals surface area contributed by atoms with Crippen molar-refractivity contribution in [1.29, 1.82) is 0 Å². The molecule has 0 saturated carbocycles. The summed E-state index contributed by atoms with van der Waals surface area (Å²) in [5.74, 6) is -0.655. The van der Waals surface area contributed by atoms with Crippen LogP contribution >= 0.6 is 23.5 Å². The molecule has 0 radical (unpaired) electrons. The molecule has 5 atom stereocenters. The highest BCUT2D eigenvalue weighted by molar-refractivity contribution is 8.23. The van der Waals surface area contributed by atoms with Gasteiger partial charge in [0, 0.05) is 6.42 Å². The number of fused-ring (bicyclic) bond motifs is 1. The lowest BCUT2D eigenvalue weighted by Crippen LogP contribution is -2.60. The lowest BCUT2D eigenvalue weighted by atomic mass is 9.87. The smallest absolute Gasteiger partial charge is 0.359 e. The maximum absolute atomic E-state index is 12.9. The predicted octanol–water partition coefficient (Wildman–Crippen LogP) is 2.92. The maximum atomic E-state index is 12.9. The molecule has 0 bridgehead atoms. The molecule has 2 saturated heterocycles. The molecule has 0 spiro atoms. The average molecular weight is 507 g/mol. The molecule has 11 heteroatoms. The number of carbonyl (C=O) groups is 3. The molecule has 2 fully saturated rings. The van der Waals surface area contributed by atoms with Gasteiger partial charge in [-0.2, -0.15) is 4.55 Å². The largest absolute Gasteiger partial charge is 0.427 e. The van der Waals surface area contributed by atoms with Gasteiger partial charge in [0.1, 0.15) is 22.3 Å². The van der Waals surface area contributed by atoms with Crippen LogP contribution in [0.4, 0.5) is 0 Å². The zero-order valence-corrected chi connectivity index (χ0v) is 21.3. The number of unbranched alkanes of at least 4 members (excludes halogenated alkanes) is 1. The number of rotatable bonds is 10. The predicted molar refractivity (Wildman–Crippen MR) is 127 cm³/mol. The van der Waals surface area contributed by atoms with Gasteiger partial charge in [-0.3, -0.25) is 14.5 Å². The van der Waals surface area contributed by atoms with Gasteiger partial charge >= 0.3 is 11.9 Å². The number of carbonyl (C=O) groups excluding carboxylic acids is 3. The van der Waals surface area contributed by atoms with Crippen molar-refractivity contribution < 1.29 is 33.5 Å². The number of hydrogen-bond acceptors (Lipinski definition) is 9. The Morgan fingerprint density at radius 2 is 2.09 bits per heavy atom. The van der Waals surface area contributed by atoms with Gasteiger partial charge in [0.15, 0.2) is 11.4 Å². The van der Waals surface area contributed by atoms with Gasteiger partial charge in [-0.15, -0.1) is 11.8 Å². The fraction of sp³-hybridized carbons (Fsp3) is 0.762. The highest BCUT2D eigenvalue weighted by Gasteiger charge is 2.58. The van der Waals surface area contributed by atoms with Crippen LogP contribution in [0.1, 0.15) is 53.4 Å². The van der Waals surface area contributed by atoms with Crippen LogP contribution in [0.5, 0.6) is 0 Å². The Morgan fingerprint density at radius 1 is 1.38 bits per heavy atom. The van der Waals surface area contributed by atoms with Crippen LogP contribution in [0.2, 0.25) is 0 Å². The van der Waals surface area contributed by atoms with E-state index in [2.05, 4.69) is 0 Å². The molecule has 32 heavy (non-hydrogen) atoms. The average Bonchev–Trinajstić information content (AvgIpc) is 3.27. The Hall–Kier alpha value is -0.880. The molecule has 3 heterocycles. The summed E-state index contributed by atoms with van der Waals surface area (Å²) in [6.07, 6.45) is 2.55. The second kappa shape index (κ2) is 10.6. The third-order valence-electron chi connectivity index (χ3n) is 5.87. The van der Waals surface area contributed by atoms with Gasteiger partial charge in [0.25, 0.3) is 0 Å². The number of amides is 1. The van der Waals surface area contributed by atoms with Gasteiger partial charge in [-0.1, -0.05) is 31.5 Å². The molecule has 1 unspecified atom stereocenters. The van der Waals surface area contributed by atoms with E-state index in [0.29, 0.717) is 16.4 Å². The van der Waals surface area contributed by atoms with Crippen LogP contribution in [0.15, 0.2) is 9.93 Å². The van der Waals surface area contributed by atoms with Crippen LogP contribution in [-0.4, -0.2) is 67.4 Å². The van der Waals surface area contributed by atoms with Crippen molar-refractivity contribution in [2.75, 3.05) is 18.3 Å². The van der Waals surface area contributed by atoms with Crippen LogP contribution in [-0.2, 0) is 35.0 Å². The molecule has 8 nitrogen and oxygen atoms in total. The van der Waals surface area contributed by atoms with Crippen molar-refractivity contribution in [3.63, 3.8) is 0 Å². The number of β-lactam (4-membered cyclic amide) rings is 1. The molecule has 3 aliphatic rings. The molecule has 0 aromatic carbocycles. The minimum Gasteiger partial charge on any atom is -0.427 e. The molecule has 3 rings (SSSR count). The first-order chi connectivity index (χ1) is 15.1. The Balaban J connectivity index is 1.66. The summed E-state index contributed by atoms with van der Waals surface area (Å²) < 4.78 is 21.0. The van der Waals surface area contributed by atoms with Crippen molar-refractivity contribution in [2.45, 2.75) is 70.1 Å². The maximum Gasteiger partial charge on any atom is 0.359 e. The molecule has 180 valence electrons. The first-order valence-corrected chi connectivity index (χ1v) is 14.1. The Labute approximate surface area is 200 Å². The number of thioether (sulfide) groups is 2. The van der Waals surface area contributed by atoms with Gasteiger partial charge < -0.3 is 14.6 Å². The monoisotopic (exact) mass is 506 g/mol. The van der Waals surface area contributed by atoms with E-state index in [0.717, 1.165) is 25.0 Å². The van der Waals surface area contributed by atoms with E-state index in [1.165, 1.54) is 28.4 Å². The van der Waals surface area contributed by atoms with Crippen LogP contribution in [0, 0.1) is 11.3 Å². The van der Waals surface area contributed by atoms with Crippen molar-refractivity contribution in [3.05, 3.63) is 9.93 Å². The topological polar surface area (TPSA) is 113 Å². The number of ether oxygens (including phenoxy) is 2. The SMILES string of the molecule is CCCCC(C)(C)C(=O)OCOC(=O)C1=C(S[C@H]2CC[S+](O)C2)S[C@@H]2[C@@H]([C@@H](C)O)C(=O)N12. The summed E-state index contributed by atoms with van der Waals surface area (Å²) >= 11 is 2.24. The molecule has 3 aliphatic heterocycles. The summed E-state index contributed by atoms with van der Waals surface area (Å²) in [6.45, 7) is 6.69. The first kappa shape index (κ1) is 25.7. The van der Waals surface area contributed by atoms with E-state index in [1.807, 2.05) is 6.92 Å². The van der Waals surface area contributed by atoms with Gasteiger partial charge in [-0.25, -0.2) is 4.79 Å². The van der Waals surface area contributed by atoms with Crippen molar-refractivity contribution in [3.8, 4) is 0 Å². The molecule has 0 aliphatic carbocycles. The number of nitrogens with zero attached hydrogens (tertiary/aromatic N) is 1. The van der Waals surface area contributed by atoms with Crippen LogP contribution in [0.25, 0.3) is 0 Å². The van der Waals surface area contributed by atoms with Crippen molar-refractivity contribution >= 4 is 52.5 Å². The Morgan fingerprint density at radius 3 is 2.69 bits per heavy atom.